The molecule has 122 valence electrons. The summed E-state index contributed by atoms with van der Waals surface area (Å²) in [6.45, 7) is 3.82. The highest BCUT2D eigenvalue weighted by Crippen LogP contribution is 2.29. The largest absolute Gasteiger partial charge is 0.474 e. The van der Waals surface area contributed by atoms with Crippen LogP contribution >= 0.6 is 0 Å². The summed E-state index contributed by atoms with van der Waals surface area (Å²) in [4.78, 5) is 9.25. The third-order valence-electron chi connectivity index (χ3n) is 3.92. The molecule has 3 heterocycles. The molecule has 2 saturated heterocycles. The van der Waals surface area contributed by atoms with Crippen molar-refractivity contribution in [2.24, 2.45) is 0 Å². The summed E-state index contributed by atoms with van der Waals surface area (Å²) in [5, 5.41) is 3.19. The van der Waals surface area contributed by atoms with Crippen LogP contribution in [0, 0.1) is 0 Å². The van der Waals surface area contributed by atoms with Crippen molar-refractivity contribution in [1.29, 1.82) is 0 Å². The molecule has 8 heteroatoms. The molecule has 0 amide bonds. The van der Waals surface area contributed by atoms with E-state index < -0.39 is 12.0 Å². The van der Waals surface area contributed by atoms with Gasteiger partial charge in [-0.2, -0.15) is 18.2 Å². The first-order valence-electron chi connectivity index (χ1n) is 7.55. The SMILES string of the molecule is FC(F)(F)c1nc(CN2CCC2)cc(OC2CCNCC2)n1. The van der Waals surface area contributed by atoms with E-state index >= 15 is 0 Å². The van der Waals surface area contributed by atoms with Crippen LogP contribution in [0.4, 0.5) is 13.2 Å². The minimum Gasteiger partial charge on any atom is -0.474 e. The van der Waals surface area contributed by atoms with E-state index in [1.807, 2.05) is 0 Å². The number of nitrogens with one attached hydrogen (secondary N) is 1. The smallest absolute Gasteiger partial charge is 0.451 e. The zero-order valence-corrected chi connectivity index (χ0v) is 12.2. The van der Waals surface area contributed by atoms with Gasteiger partial charge in [-0.15, -0.1) is 0 Å². The molecular formula is C14H19F3N4O. The van der Waals surface area contributed by atoms with E-state index in [-0.39, 0.29) is 12.0 Å². The molecule has 0 spiro atoms. The summed E-state index contributed by atoms with van der Waals surface area (Å²) in [7, 11) is 0. The normalized spacial score (nSPS) is 20.7. The predicted octanol–water partition coefficient (Wildman–Crippen LogP) is 1.83. The highest BCUT2D eigenvalue weighted by atomic mass is 19.4. The Morgan fingerprint density at radius 3 is 2.55 bits per heavy atom. The Morgan fingerprint density at radius 1 is 1.23 bits per heavy atom. The number of halogens is 3. The van der Waals surface area contributed by atoms with Crippen molar-refractivity contribution in [2.45, 2.75) is 38.1 Å². The van der Waals surface area contributed by atoms with E-state index in [9.17, 15) is 13.2 Å². The van der Waals surface area contributed by atoms with Crippen molar-refractivity contribution < 1.29 is 17.9 Å². The summed E-state index contributed by atoms with van der Waals surface area (Å²) in [6, 6.07) is 1.54. The Kier molecular flexibility index (Phi) is 4.49. The zero-order chi connectivity index (χ0) is 15.6. The van der Waals surface area contributed by atoms with E-state index in [0.717, 1.165) is 45.4 Å². The second kappa shape index (κ2) is 6.37. The van der Waals surface area contributed by atoms with Gasteiger partial charge in [0.25, 0.3) is 0 Å². The number of nitrogens with zero attached hydrogens (tertiary/aromatic N) is 3. The molecule has 0 saturated carbocycles. The van der Waals surface area contributed by atoms with E-state index in [4.69, 9.17) is 4.74 Å². The molecule has 1 N–H and O–H groups in total. The van der Waals surface area contributed by atoms with Crippen molar-refractivity contribution in [1.82, 2.24) is 20.2 Å². The molecule has 0 unspecified atom stereocenters. The second-order valence-corrected chi connectivity index (χ2v) is 5.72. The highest BCUT2D eigenvalue weighted by molar-refractivity contribution is 5.18. The number of aromatic nitrogens is 2. The Balaban J connectivity index is 1.78. The van der Waals surface area contributed by atoms with Gasteiger partial charge in [-0.1, -0.05) is 0 Å². The Hall–Kier alpha value is -1.41. The quantitative estimate of drug-likeness (QED) is 0.918. The monoisotopic (exact) mass is 316 g/mol. The van der Waals surface area contributed by atoms with E-state index in [0.29, 0.717) is 12.2 Å². The minimum atomic E-state index is -4.56. The number of ether oxygens (including phenoxy) is 1. The maximum atomic E-state index is 13.0. The predicted molar refractivity (Wildman–Crippen MR) is 73.4 cm³/mol. The Bertz CT molecular complexity index is 513. The minimum absolute atomic E-state index is 0.0322. The molecule has 0 aromatic carbocycles. The molecular weight excluding hydrogens is 297 g/mol. The highest BCUT2D eigenvalue weighted by Gasteiger charge is 2.36. The zero-order valence-electron chi connectivity index (χ0n) is 12.2. The van der Waals surface area contributed by atoms with Crippen LogP contribution in [-0.2, 0) is 12.7 Å². The second-order valence-electron chi connectivity index (χ2n) is 5.72. The fraction of sp³-hybridized carbons (Fsp3) is 0.714. The average Bonchev–Trinajstić information content (AvgIpc) is 2.43. The summed E-state index contributed by atoms with van der Waals surface area (Å²) in [5.41, 5.74) is 0.367. The fourth-order valence-corrected chi connectivity index (χ4v) is 2.59. The van der Waals surface area contributed by atoms with Crippen molar-refractivity contribution in [3.8, 4) is 5.88 Å². The van der Waals surface area contributed by atoms with Gasteiger partial charge in [-0.3, -0.25) is 4.90 Å². The summed E-state index contributed by atoms with van der Waals surface area (Å²) in [6.07, 6.45) is -2.03. The summed E-state index contributed by atoms with van der Waals surface area (Å²) < 4.78 is 44.5. The number of hydrogen-bond donors (Lipinski definition) is 1. The van der Waals surface area contributed by atoms with Crippen LogP contribution in [0.25, 0.3) is 0 Å². The third-order valence-corrected chi connectivity index (χ3v) is 3.92. The molecule has 0 aliphatic carbocycles. The van der Waals surface area contributed by atoms with Gasteiger partial charge in [-0.05, 0) is 45.4 Å². The number of piperidine rings is 1. The van der Waals surface area contributed by atoms with Crippen molar-refractivity contribution >= 4 is 0 Å². The van der Waals surface area contributed by atoms with Crippen LogP contribution in [0.2, 0.25) is 0 Å². The van der Waals surface area contributed by atoms with Gasteiger partial charge >= 0.3 is 6.18 Å². The lowest BCUT2D eigenvalue weighted by Crippen LogP contribution is -2.37. The summed E-state index contributed by atoms with van der Waals surface area (Å²) >= 11 is 0. The van der Waals surface area contributed by atoms with Gasteiger partial charge in [0.2, 0.25) is 11.7 Å². The van der Waals surface area contributed by atoms with Gasteiger partial charge in [0.05, 0.1) is 5.69 Å². The van der Waals surface area contributed by atoms with Crippen molar-refractivity contribution in [3.63, 3.8) is 0 Å². The van der Waals surface area contributed by atoms with Crippen molar-refractivity contribution in [3.05, 3.63) is 17.6 Å². The van der Waals surface area contributed by atoms with Crippen LogP contribution in [0.15, 0.2) is 6.07 Å². The van der Waals surface area contributed by atoms with Crippen LogP contribution in [-0.4, -0.2) is 47.2 Å². The van der Waals surface area contributed by atoms with Gasteiger partial charge in [0.1, 0.15) is 6.10 Å². The molecule has 3 rings (SSSR count). The van der Waals surface area contributed by atoms with E-state index in [1.54, 1.807) is 0 Å². The number of likely N-dealkylation sites (tertiary alicyclic amines) is 1. The Labute approximate surface area is 126 Å². The molecule has 2 aliphatic heterocycles. The molecule has 2 aliphatic rings. The van der Waals surface area contributed by atoms with Crippen LogP contribution in [0.3, 0.4) is 0 Å². The van der Waals surface area contributed by atoms with Gasteiger partial charge < -0.3 is 10.1 Å². The molecule has 1 aromatic heterocycles. The fourth-order valence-electron chi connectivity index (χ4n) is 2.59. The topological polar surface area (TPSA) is 50.3 Å². The van der Waals surface area contributed by atoms with Crippen LogP contribution in [0.1, 0.15) is 30.8 Å². The Morgan fingerprint density at radius 2 is 1.95 bits per heavy atom. The molecule has 22 heavy (non-hydrogen) atoms. The first kappa shape index (κ1) is 15.5. The lowest BCUT2D eigenvalue weighted by Gasteiger charge is -2.30. The maximum Gasteiger partial charge on any atom is 0.451 e. The van der Waals surface area contributed by atoms with E-state index in [2.05, 4.69) is 20.2 Å². The number of rotatable bonds is 4. The van der Waals surface area contributed by atoms with Crippen LogP contribution in [0.5, 0.6) is 5.88 Å². The standard InChI is InChI=1S/C14H19F3N4O/c15-14(16,17)13-19-10(9-21-6-1-7-21)8-12(20-13)22-11-2-4-18-5-3-11/h8,11,18H,1-7,9H2. The van der Waals surface area contributed by atoms with E-state index in [1.165, 1.54) is 6.07 Å². The average molecular weight is 316 g/mol. The molecule has 0 atom stereocenters. The first-order valence-corrected chi connectivity index (χ1v) is 7.55. The lowest BCUT2D eigenvalue weighted by molar-refractivity contribution is -0.145. The first-order chi connectivity index (χ1) is 10.5. The summed E-state index contributed by atoms with van der Waals surface area (Å²) in [5.74, 6) is -1.08. The molecule has 0 radical (unpaired) electrons. The third kappa shape index (κ3) is 3.86. The van der Waals surface area contributed by atoms with Gasteiger partial charge in [0, 0.05) is 12.6 Å². The molecule has 1 aromatic rings. The van der Waals surface area contributed by atoms with Gasteiger partial charge in [-0.25, -0.2) is 4.98 Å². The maximum absolute atomic E-state index is 13.0. The number of alkyl halides is 3. The number of hydrogen-bond acceptors (Lipinski definition) is 5. The van der Waals surface area contributed by atoms with Crippen molar-refractivity contribution in [2.75, 3.05) is 26.2 Å². The van der Waals surface area contributed by atoms with Crippen LogP contribution < -0.4 is 10.1 Å². The van der Waals surface area contributed by atoms with Gasteiger partial charge in [0.15, 0.2) is 0 Å². The molecule has 5 nitrogen and oxygen atoms in total. The molecule has 2 fully saturated rings. The lowest BCUT2D eigenvalue weighted by atomic mass is 10.1. The molecule has 0 bridgehead atoms.